The van der Waals surface area contributed by atoms with E-state index in [-0.39, 0.29) is 22.8 Å². The van der Waals surface area contributed by atoms with Gasteiger partial charge in [-0.25, -0.2) is 10.2 Å². The van der Waals surface area contributed by atoms with Crippen molar-refractivity contribution in [2.75, 3.05) is 21.3 Å². The lowest BCUT2D eigenvalue weighted by molar-refractivity contribution is -0.137. The maximum absolute atomic E-state index is 13.4. The van der Waals surface area contributed by atoms with Crippen LogP contribution < -0.4 is 24.4 Å². The lowest BCUT2D eigenvalue weighted by Gasteiger charge is -2.11. The second-order valence-electron chi connectivity index (χ2n) is 9.54. The minimum atomic E-state index is -4.61. The van der Waals surface area contributed by atoms with Crippen molar-refractivity contribution in [3.05, 3.63) is 107 Å². The molecule has 0 aliphatic carbocycles. The number of H-pyrrole nitrogens is 1. The number of hydrogen-bond acceptors (Lipinski definition) is 7. The summed E-state index contributed by atoms with van der Waals surface area (Å²) in [6.07, 6.45) is -3.26. The van der Waals surface area contributed by atoms with Gasteiger partial charge in [-0.3, -0.25) is 4.79 Å². The predicted octanol–water partition coefficient (Wildman–Crippen LogP) is 6.86. The van der Waals surface area contributed by atoms with E-state index in [0.29, 0.717) is 39.6 Å². The van der Waals surface area contributed by atoms with Gasteiger partial charge in [0.15, 0.2) is 11.5 Å². The van der Waals surface area contributed by atoms with Crippen LogP contribution in [0.4, 0.5) is 13.2 Å². The van der Waals surface area contributed by atoms with Crippen molar-refractivity contribution in [2.24, 2.45) is 5.10 Å². The zero-order valence-corrected chi connectivity index (χ0v) is 24.2. The SMILES string of the molecule is COc1cc(C=NNC(=O)c2[nH]c3c(OC)ccc(OC)c3c2-c2ccccc2)ccc1OC(=O)c1cccc(C(F)(F)F)c1. The number of carbonyl (C=O) groups is 2. The highest BCUT2D eigenvalue weighted by Gasteiger charge is 2.31. The summed E-state index contributed by atoms with van der Waals surface area (Å²) in [4.78, 5) is 29.1. The third-order valence-corrected chi connectivity index (χ3v) is 6.80. The number of amides is 1. The van der Waals surface area contributed by atoms with Gasteiger partial charge in [-0.1, -0.05) is 36.4 Å². The van der Waals surface area contributed by atoms with Crippen molar-refractivity contribution in [3.8, 4) is 34.1 Å². The zero-order chi connectivity index (χ0) is 32.1. The molecule has 0 aliphatic heterocycles. The van der Waals surface area contributed by atoms with E-state index in [4.69, 9.17) is 18.9 Å². The third kappa shape index (κ3) is 6.44. The number of benzene rings is 4. The van der Waals surface area contributed by atoms with E-state index in [2.05, 4.69) is 15.5 Å². The van der Waals surface area contributed by atoms with Gasteiger partial charge < -0.3 is 23.9 Å². The first kappa shape index (κ1) is 30.7. The van der Waals surface area contributed by atoms with E-state index in [1.54, 1.807) is 19.2 Å². The average Bonchev–Trinajstić information content (AvgIpc) is 3.46. The summed E-state index contributed by atoms with van der Waals surface area (Å²) >= 11 is 0. The number of hydrogen-bond donors (Lipinski definition) is 2. The van der Waals surface area contributed by atoms with Gasteiger partial charge in [-0.05, 0) is 59.7 Å². The molecule has 0 spiro atoms. The van der Waals surface area contributed by atoms with Crippen LogP contribution in [-0.2, 0) is 6.18 Å². The van der Waals surface area contributed by atoms with Gasteiger partial charge in [0.1, 0.15) is 17.2 Å². The number of esters is 1. The molecular formula is C33H26F3N3O6. The highest BCUT2D eigenvalue weighted by Crippen LogP contribution is 2.42. The van der Waals surface area contributed by atoms with Crippen LogP contribution in [0.25, 0.3) is 22.0 Å². The summed E-state index contributed by atoms with van der Waals surface area (Å²) < 4.78 is 60.9. The van der Waals surface area contributed by atoms with Crippen molar-refractivity contribution >= 4 is 29.0 Å². The molecule has 4 aromatic carbocycles. The Balaban J connectivity index is 1.38. The van der Waals surface area contributed by atoms with E-state index in [0.717, 1.165) is 17.7 Å². The second kappa shape index (κ2) is 12.8. The smallest absolute Gasteiger partial charge is 0.416 e. The summed E-state index contributed by atoms with van der Waals surface area (Å²) in [5, 5.41) is 4.74. The fraction of sp³-hybridized carbons (Fsp3) is 0.121. The summed E-state index contributed by atoms with van der Waals surface area (Å²) in [5.74, 6) is -0.366. The Bertz CT molecular complexity index is 1900. The molecule has 9 nitrogen and oxygen atoms in total. The van der Waals surface area contributed by atoms with Gasteiger partial charge in [-0.2, -0.15) is 18.3 Å². The van der Waals surface area contributed by atoms with Crippen LogP contribution in [0.5, 0.6) is 23.0 Å². The molecule has 12 heteroatoms. The van der Waals surface area contributed by atoms with Gasteiger partial charge >= 0.3 is 12.1 Å². The second-order valence-corrected chi connectivity index (χ2v) is 9.54. The lowest BCUT2D eigenvalue weighted by Crippen LogP contribution is -2.19. The summed E-state index contributed by atoms with van der Waals surface area (Å²) in [6, 6.07) is 21.1. The van der Waals surface area contributed by atoms with Crippen molar-refractivity contribution < 1.29 is 41.7 Å². The number of aromatic amines is 1. The molecule has 0 bridgehead atoms. The monoisotopic (exact) mass is 617 g/mol. The molecule has 0 atom stereocenters. The molecule has 5 rings (SSSR count). The van der Waals surface area contributed by atoms with E-state index in [9.17, 15) is 22.8 Å². The first-order valence-electron chi connectivity index (χ1n) is 13.4. The largest absolute Gasteiger partial charge is 0.496 e. The van der Waals surface area contributed by atoms with Gasteiger partial charge in [-0.15, -0.1) is 0 Å². The van der Waals surface area contributed by atoms with E-state index in [1.165, 1.54) is 44.7 Å². The van der Waals surface area contributed by atoms with Crippen LogP contribution in [0.2, 0.25) is 0 Å². The van der Waals surface area contributed by atoms with Gasteiger partial charge in [0.2, 0.25) is 0 Å². The summed E-state index contributed by atoms with van der Waals surface area (Å²) in [5.41, 5.74) is 3.90. The molecule has 2 N–H and O–H groups in total. The summed E-state index contributed by atoms with van der Waals surface area (Å²) in [7, 11) is 4.41. The number of carbonyl (C=O) groups excluding carboxylic acids is 2. The number of ether oxygens (including phenoxy) is 4. The fourth-order valence-corrected chi connectivity index (χ4v) is 4.70. The van der Waals surface area contributed by atoms with Crippen LogP contribution in [0.3, 0.4) is 0 Å². The Hall–Kier alpha value is -5.78. The number of nitrogens with zero attached hydrogens (tertiary/aromatic N) is 1. The average molecular weight is 618 g/mol. The highest BCUT2D eigenvalue weighted by atomic mass is 19.4. The Morgan fingerprint density at radius 3 is 2.18 bits per heavy atom. The first-order valence-corrected chi connectivity index (χ1v) is 13.4. The van der Waals surface area contributed by atoms with Crippen molar-refractivity contribution in [2.45, 2.75) is 6.18 Å². The number of aromatic nitrogens is 1. The Kier molecular flexibility index (Phi) is 8.75. The molecule has 45 heavy (non-hydrogen) atoms. The molecule has 0 radical (unpaired) electrons. The summed E-state index contributed by atoms with van der Waals surface area (Å²) in [6.45, 7) is 0. The standard InChI is InChI=1S/C33H26F3N3O6/c1-42-24-14-15-25(43-2)29-28(24)27(20-8-5-4-6-9-20)30(38-29)31(40)39-37-18-19-12-13-23(26(16-19)44-3)45-32(41)21-10-7-11-22(17-21)33(34,35)36/h4-18,38H,1-3H3,(H,39,40). The van der Waals surface area contributed by atoms with E-state index >= 15 is 0 Å². The molecule has 230 valence electrons. The minimum absolute atomic E-state index is 0.0189. The molecule has 5 aromatic rings. The van der Waals surface area contributed by atoms with E-state index in [1.807, 2.05) is 30.3 Å². The molecule has 0 unspecified atom stereocenters. The zero-order valence-electron chi connectivity index (χ0n) is 24.2. The van der Waals surface area contributed by atoms with Crippen LogP contribution in [0.15, 0.2) is 90.0 Å². The molecular weight excluding hydrogens is 591 g/mol. The van der Waals surface area contributed by atoms with E-state index < -0.39 is 23.6 Å². The highest BCUT2D eigenvalue weighted by molar-refractivity contribution is 6.13. The topological polar surface area (TPSA) is 111 Å². The molecule has 0 fully saturated rings. The fourth-order valence-electron chi connectivity index (χ4n) is 4.70. The molecule has 1 amide bonds. The molecule has 0 saturated carbocycles. The number of fused-ring (bicyclic) bond motifs is 1. The van der Waals surface area contributed by atoms with Crippen LogP contribution in [-0.4, -0.2) is 44.4 Å². The van der Waals surface area contributed by atoms with Gasteiger partial charge in [0.05, 0.1) is 49.6 Å². The molecule has 0 aliphatic rings. The van der Waals surface area contributed by atoms with Crippen molar-refractivity contribution in [3.63, 3.8) is 0 Å². The van der Waals surface area contributed by atoms with Gasteiger partial charge in [0.25, 0.3) is 5.91 Å². The number of hydrazone groups is 1. The van der Waals surface area contributed by atoms with Crippen LogP contribution in [0, 0.1) is 0 Å². The minimum Gasteiger partial charge on any atom is -0.496 e. The number of halogens is 3. The van der Waals surface area contributed by atoms with Crippen molar-refractivity contribution in [1.29, 1.82) is 0 Å². The van der Waals surface area contributed by atoms with Crippen LogP contribution >= 0.6 is 0 Å². The molecule has 1 aromatic heterocycles. The lowest BCUT2D eigenvalue weighted by atomic mass is 10.0. The maximum Gasteiger partial charge on any atom is 0.416 e. The Labute approximate surface area is 255 Å². The number of methoxy groups -OCH3 is 3. The van der Waals surface area contributed by atoms with Crippen LogP contribution in [0.1, 0.15) is 32.0 Å². The normalized spacial score (nSPS) is 11.4. The quantitative estimate of drug-likeness (QED) is 0.0809. The molecule has 1 heterocycles. The number of nitrogens with one attached hydrogen (secondary N) is 2. The number of rotatable bonds is 9. The predicted molar refractivity (Wildman–Crippen MR) is 161 cm³/mol. The first-order chi connectivity index (χ1) is 21.6. The van der Waals surface area contributed by atoms with Crippen molar-refractivity contribution in [1.82, 2.24) is 10.4 Å². The Morgan fingerprint density at radius 2 is 1.49 bits per heavy atom. The Morgan fingerprint density at radius 1 is 0.800 bits per heavy atom. The number of alkyl halides is 3. The van der Waals surface area contributed by atoms with Gasteiger partial charge in [0, 0.05) is 5.56 Å². The maximum atomic E-state index is 13.4. The molecule has 0 saturated heterocycles. The third-order valence-electron chi connectivity index (χ3n) is 6.80.